The van der Waals surface area contributed by atoms with Gasteiger partial charge in [-0.05, 0) is 51.5 Å². The molecule has 6 aromatic rings. The predicted octanol–water partition coefficient (Wildman–Crippen LogP) is 10.3. The third-order valence-electron chi connectivity index (χ3n) is 13.1. The van der Waals surface area contributed by atoms with Crippen molar-refractivity contribution in [3.63, 3.8) is 0 Å². The van der Waals surface area contributed by atoms with Crippen molar-refractivity contribution < 1.29 is 52.9 Å². The van der Waals surface area contributed by atoms with Crippen LogP contribution in [-0.2, 0) is 77.2 Å². The van der Waals surface area contributed by atoms with Crippen molar-refractivity contribution in [1.29, 1.82) is 0 Å². The second-order valence-electron chi connectivity index (χ2n) is 19.6. The summed E-state index contributed by atoms with van der Waals surface area (Å²) in [6.45, 7) is 11.4. The summed E-state index contributed by atoms with van der Waals surface area (Å²) in [6.07, 6.45) is -8.22. The zero-order valence-corrected chi connectivity index (χ0v) is 43.6. The molecule has 0 bridgehead atoms. The van der Waals surface area contributed by atoms with Gasteiger partial charge < -0.3 is 52.9 Å². The van der Waals surface area contributed by atoms with E-state index in [1.165, 1.54) is 0 Å². The van der Waals surface area contributed by atoms with Gasteiger partial charge in [-0.2, -0.15) is 0 Å². The summed E-state index contributed by atoms with van der Waals surface area (Å²) in [5, 5.41) is 35.7. The highest BCUT2D eigenvalue weighted by molar-refractivity contribution is 6.74. The summed E-state index contributed by atoms with van der Waals surface area (Å²) in [7, 11) is -2.32. The molecule has 0 aliphatic carbocycles. The van der Waals surface area contributed by atoms with Crippen LogP contribution in [0.2, 0.25) is 18.1 Å². The van der Waals surface area contributed by atoms with Crippen molar-refractivity contribution in [1.82, 2.24) is 0 Å². The van der Waals surface area contributed by atoms with Crippen molar-refractivity contribution in [2.24, 2.45) is 0 Å². The Morgan fingerprint density at radius 3 is 1.07 bits per heavy atom. The molecule has 0 saturated carbocycles. The van der Waals surface area contributed by atoms with E-state index < -0.39 is 63.8 Å². The van der Waals surface area contributed by atoms with Crippen LogP contribution in [0.3, 0.4) is 0 Å². The lowest BCUT2D eigenvalue weighted by atomic mass is 10.0. The van der Waals surface area contributed by atoms with E-state index in [1.54, 1.807) is 0 Å². The Balaban J connectivity index is 1.30. The van der Waals surface area contributed by atoms with E-state index >= 15 is 0 Å². The summed E-state index contributed by atoms with van der Waals surface area (Å²) >= 11 is 0. The van der Waals surface area contributed by atoms with Gasteiger partial charge in [-0.3, -0.25) is 0 Å². The summed E-state index contributed by atoms with van der Waals surface area (Å²) in [4.78, 5) is 0. The van der Waals surface area contributed by atoms with Gasteiger partial charge in [0.2, 0.25) is 0 Å². The van der Waals surface area contributed by atoms with E-state index in [1.807, 2.05) is 182 Å². The fourth-order valence-corrected chi connectivity index (χ4v) is 8.76. The Kier molecular flexibility index (Phi) is 23.3. The van der Waals surface area contributed by atoms with E-state index in [0.29, 0.717) is 0 Å². The van der Waals surface area contributed by atoms with E-state index in [-0.39, 0.29) is 64.5 Å². The molecule has 0 spiro atoms. The van der Waals surface area contributed by atoms with Crippen LogP contribution in [0.15, 0.2) is 182 Å². The van der Waals surface area contributed by atoms with Gasteiger partial charge in [0.1, 0.15) is 48.8 Å². The number of ether oxygens (including phenoxy) is 7. The molecular weight excluding hydrogens is 925 g/mol. The van der Waals surface area contributed by atoms with Crippen LogP contribution in [0.1, 0.15) is 54.2 Å². The topological polar surface area (TPSA) is 135 Å². The molecule has 0 unspecified atom stereocenters. The Labute approximate surface area is 428 Å². The maximum atomic E-state index is 12.5. The molecule has 6 rings (SSSR count). The Bertz CT molecular complexity index is 2320. The van der Waals surface area contributed by atoms with Crippen molar-refractivity contribution in [2.75, 3.05) is 26.4 Å². The van der Waals surface area contributed by atoms with E-state index in [2.05, 4.69) is 33.9 Å². The third-order valence-corrected chi connectivity index (χ3v) is 17.6. The number of rotatable bonds is 32. The summed E-state index contributed by atoms with van der Waals surface area (Å²) < 4.78 is 53.1. The van der Waals surface area contributed by atoms with Crippen molar-refractivity contribution in [3.05, 3.63) is 215 Å². The number of benzene rings is 6. The molecule has 0 aliphatic heterocycles. The first kappa shape index (κ1) is 56.4. The van der Waals surface area contributed by atoms with Gasteiger partial charge in [0.25, 0.3) is 0 Å². The fourth-order valence-electron chi connectivity index (χ4n) is 7.75. The lowest BCUT2D eigenvalue weighted by Crippen LogP contribution is -2.53. The molecule has 6 aromatic carbocycles. The first-order valence-electron chi connectivity index (χ1n) is 25.0. The fraction of sp³-hybridized carbons (Fsp3) is 0.400. The molecule has 386 valence electrons. The maximum absolute atomic E-state index is 12.5. The molecule has 0 saturated heterocycles. The highest BCUT2D eigenvalue weighted by atomic mass is 28.4. The SMILES string of the molecule is CC(C)(C)[Si](C)(C)OC[C@@H](OCc1ccccc1)[C@@H](OCc1ccccc1)[C@H](OCc1ccccc1)[C@H](O)COC[C@@H](OCc1ccccc1)[C@@H](O)[C@H](OCc1ccccc1)[C@@H](CO)OCc1ccccc1. The molecule has 12 heteroatoms. The van der Waals surface area contributed by atoms with Crippen LogP contribution in [0.25, 0.3) is 0 Å². The zero-order valence-electron chi connectivity index (χ0n) is 42.6. The molecule has 0 radical (unpaired) electrons. The highest BCUT2D eigenvalue weighted by Crippen LogP contribution is 2.37. The smallest absolute Gasteiger partial charge is 0.192 e. The predicted molar refractivity (Wildman–Crippen MR) is 283 cm³/mol. The molecule has 3 N–H and O–H groups in total. The molecule has 72 heavy (non-hydrogen) atoms. The molecule has 11 nitrogen and oxygen atoms in total. The number of aliphatic hydroxyl groups is 3. The average molecular weight is 1000 g/mol. The standard InChI is InChI=1S/C60H76O11Si/c1-60(2,3)72(4,5)71-45-55(67-39-48-28-16-8-17-29-48)59(70-42-51-34-22-11-23-35-51)57(68-40-49-30-18-9-19-31-49)52(62)43-64-44-54(66-38-47-26-14-7-15-27-47)56(63)58(69-41-50-32-20-10-21-33-50)53(36-61)65-37-46-24-12-6-13-25-46/h6-35,52-59,61-63H,36-45H2,1-5H3/t52-,53-,54-,55-,56-,57-,58-,59-/m1/s1. The lowest BCUT2D eigenvalue weighted by Gasteiger charge is -2.40. The summed E-state index contributed by atoms with van der Waals surface area (Å²) in [6, 6.07) is 58.5. The minimum absolute atomic E-state index is 0.0889. The molecule has 0 fully saturated rings. The quantitative estimate of drug-likeness (QED) is 0.0349. The zero-order chi connectivity index (χ0) is 51.0. The van der Waals surface area contributed by atoms with E-state index in [9.17, 15) is 15.3 Å². The number of hydrogen-bond acceptors (Lipinski definition) is 11. The highest BCUT2D eigenvalue weighted by Gasteiger charge is 2.42. The average Bonchev–Trinajstić information content (AvgIpc) is 3.40. The number of aliphatic hydroxyl groups excluding tert-OH is 3. The first-order valence-corrected chi connectivity index (χ1v) is 27.9. The van der Waals surface area contributed by atoms with Crippen LogP contribution in [0.5, 0.6) is 0 Å². The van der Waals surface area contributed by atoms with Gasteiger partial charge in [-0.25, -0.2) is 0 Å². The van der Waals surface area contributed by atoms with Gasteiger partial charge in [-0.1, -0.05) is 203 Å². The van der Waals surface area contributed by atoms with E-state index in [4.69, 9.17) is 37.6 Å². The van der Waals surface area contributed by atoms with Gasteiger partial charge in [0, 0.05) is 0 Å². The van der Waals surface area contributed by atoms with Gasteiger partial charge in [0.15, 0.2) is 8.32 Å². The number of hydrogen-bond donors (Lipinski definition) is 3. The Morgan fingerprint density at radius 1 is 0.389 bits per heavy atom. The summed E-state index contributed by atoms with van der Waals surface area (Å²) in [5.74, 6) is 0. The largest absolute Gasteiger partial charge is 0.414 e. The van der Waals surface area contributed by atoms with Crippen LogP contribution in [-0.4, -0.2) is 98.9 Å². The second kappa shape index (κ2) is 29.7. The molecule has 0 aromatic heterocycles. The van der Waals surface area contributed by atoms with Gasteiger partial charge in [-0.15, -0.1) is 0 Å². The van der Waals surface area contributed by atoms with E-state index in [0.717, 1.165) is 33.4 Å². The molecule has 8 atom stereocenters. The van der Waals surface area contributed by atoms with Crippen molar-refractivity contribution >= 4 is 8.32 Å². The normalized spacial score (nSPS) is 15.5. The second-order valence-corrected chi connectivity index (χ2v) is 24.4. The maximum Gasteiger partial charge on any atom is 0.192 e. The lowest BCUT2D eigenvalue weighted by molar-refractivity contribution is -0.201. The summed E-state index contributed by atoms with van der Waals surface area (Å²) in [5.41, 5.74) is 5.47. The monoisotopic (exact) mass is 1000 g/mol. The Morgan fingerprint density at radius 2 is 0.708 bits per heavy atom. The van der Waals surface area contributed by atoms with Crippen LogP contribution in [0.4, 0.5) is 0 Å². The molecule has 0 heterocycles. The van der Waals surface area contributed by atoms with Crippen LogP contribution >= 0.6 is 0 Å². The van der Waals surface area contributed by atoms with Crippen LogP contribution in [0, 0.1) is 0 Å². The Hall–Kier alpha value is -4.90. The van der Waals surface area contributed by atoms with Crippen molar-refractivity contribution in [2.45, 2.75) is 127 Å². The van der Waals surface area contributed by atoms with Crippen LogP contribution < -0.4 is 0 Å². The first-order chi connectivity index (χ1) is 34.9. The minimum Gasteiger partial charge on any atom is -0.414 e. The molecule has 0 amide bonds. The third kappa shape index (κ3) is 18.5. The van der Waals surface area contributed by atoms with Gasteiger partial charge in [0.05, 0.1) is 66.1 Å². The van der Waals surface area contributed by atoms with Gasteiger partial charge >= 0.3 is 0 Å². The van der Waals surface area contributed by atoms with Crippen molar-refractivity contribution in [3.8, 4) is 0 Å². The molecular formula is C60H76O11Si. The minimum atomic E-state index is -2.32. The molecule has 0 aliphatic rings.